The van der Waals surface area contributed by atoms with Gasteiger partial charge in [-0.25, -0.2) is 14.0 Å². The van der Waals surface area contributed by atoms with Crippen LogP contribution >= 0.6 is 0 Å². The standard InChI is InChI=1S/C15H12N5/c1-18-13-7-10-4-6-16-9-20(10)15(13)19-8-12-11(14(18)19)3-2-5-17-12/h2-7,9H,8H2,1H3/q+1/i1D3. The normalized spacial score (nSPS) is 15.9. The lowest BCUT2D eigenvalue weighted by molar-refractivity contribution is -0.648. The minimum Gasteiger partial charge on any atom is -0.257 e. The van der Waals surface area contributed by atoms with E-state index in [-0.39, 0.29) is 0 Å². The summed E-state index contributed by atoms with van der Waals surface area (Å²) >= 11 is 0. The Bertz CT molecular complexity index is 1090. The van der Waals surface area contributed by atoms with Crippen LogP contribution in [-0.2, 0) is 13.5 Å². The summed E-state index contributed by atoms with van der Waals surface area (Å²) in [6.45, 7) is -1.71. The van der Waals surface area contributed by atoms with Gasteiger partial charge in [-0.2, -0.15) is 0 Å². The number of rotatable bonds is 0. The number of imidazole rings is 1. The molecule has 1 aliphatic heterocycles. The van der Waals surface area contributed by atoms with E-state index in [9.17, 15) is 0 Å². The molecule has 0 spiro atoms. The molecule has 5 nitrogen and oxygen atoms in total. The maximum absolute atomic E-state index is 7.99. The van der Waals surface area contributed by atoms with Crippen LogP contribution in [0.15, 0.2) is 43.0 Å². The molecule has 0 bridgehead atoms. The van der Waals surface area contributed by atoms with E-state index >= 15 is 0 Å². The first-order chi connectivity index (χ1) is 11.1. The van der Waals surface area contributed by atoms with Gasteiger partial charge in [0.15, 0.2) is 11.8 Å². The number of nitrogens with zero attached hydrogens (tertiary/aromatic N) is 5. The van der Waals surface area contributed by atoms with Crippen molar-refractivity contribution in [1.82, 2.24) is 18.9 Å². The summed E-state index contributed by atoms with van der Waals surface area (Å²) in [5.41, 5.74) is 4.20. The largest absolute Gasteiger partial charge is 0.275 e. The zero-order valence-corrected chi connectivity index (χ0v) is 10.5. The summed E-state index contributed by atoms with van der Waals surface area (Å²) in [5.74, 6) is 0.677. The Hall–Kier alpha value is -2.69. The summed E-state index contributed by atoms with van der Waals surface area (Å²) in [7, 11) is 0. The lowest BCUT2D eigenvalue weighted by Gasteiger charge is -1.95. The van der Waals surface area contributed by atoms with Crippen molar-refractivity contribution in [3.63, 3.8) is 0 Å². The minimum absolute atomic E-state index is 0.562. The summed E-state index contributed by atoms with van der Waals surface area (Å²) in [4.78, 5) is 8.56. The summed E-state index contributed by atoms with van der Waals surface area (Å²) < 4.78 is 29.3. The first kappa shape index (κ1) is 7.79. The second-order valence-electron chi connectivity index (χ2n) is 4.97. The van der Waals surface area contributed by atoms with Gasteiger partial charge in [0.05, 0.1) is 22.3 Å². The highest BCUT2D eigenvalue weighted by Gasteiger charge is 2.33. The molecule has 0 N–H and O–H groups in total. The minimum atomic E-state index is -2.27. The maximum atomic E-state index is 7.99. The van der Waals surface area contributed by atoms with Gasteiger partial charge in [-0.3, -0.25) is 9.55 Å². The van der Waals surface area contributed by atoms with Crippen molar-refractivity contribution in [3.8, 4) is 11.4 Å². The Morgan fingerprint density at radius 3 is 3.30 bits per heavy atom. The van der Waals surface area contributed by atoms with Gasteiger partial charge in [0.25, 0.3) is 5.65 Å². The maximum Gasteiger partial charge on any atom is 0.275 e. The SMILES string of the molecule is [2H]C([2H])([2H])n1c2[n+](c3c1cc1ccncn13)Cc1ncccc1-2. The third kappa shape index (κ3) is 1.02. The number of aryl methyl sites for hydroxylation is 1. The number of aromatic nitrogens is 5. The molecule has 0 saturated carbocycles. The van der Waals surface area contributed by atoms with Crippen LogP contribution < -0.4 is 4.57 Å². The van der Waals surface area contributed by atoms with Gasteiger partial charge in [-0.05, 0) is 18.2 Å². The van der Waals surface area contributed by atoms with Crippen LogP contribution in [-0.4, -0.2) is 18.9 Å². The molecule has 0 amide bonds. The molecular formula is C15H12N5+. The Labute approximate surface area is 119 Å². The van der Waals surface area contributed by atoms with E-state index in [1.165, 1.54) is 4.57 Å². The molecule has 4 aromatic rings. The molecule has 5 heterocycles. The topological polar surface area (TPSA) is 39.0 Å². The molecule has 0 radical (unpaired) electrons. The fourth-order valence-electron chi connectivity index (χ4n) is 3.10. The Kier molecular flexibility index (Phi) is 1.27. The zero-order valence-electron chi connectivity index (χ0n) is 13.5. The van der Waals surface area contributed by atoms with E-state index in [1.54, 1.807) is 18.7 Å². The van der Waals surface area contributed by atoms with Gasteiger partial charge >= 0.3 is 0 Å². The highest BCUT2D eigenvalue weighted by atomic mass is 15.2. The van der Waals surface area contributed by atoms with Crippen molar-refractivity contribution >= 4 is 16.7 Å². The van der Waals surface area contributed by atoms with Crippen LogP contribution in [0, 0.1) is 0 Å². The van der Waals surface area contributed by atoms with Crippen LogP contribution in [0.1, 0.15) is 9.81 Å². The average molecular weight is 265 g/mol. The predicted octanol–water partition coefficient (Wildman–Crippen LogP) is 1.54. The molecule has 0 atom stereocenters. The summed E-state index contributed by atoms with van der Waals surface area (Å²) in [6.07, 6.45) is 5.15. The lowest BCUT2D eigenvalue weighted by atomic mass is 10.2. The third-order valence-corrected chi connectivity index (χ3v) is 3.94. The molecule has 0 saturated heterocycles. The monoisotopic (exact) mass is 265 g/mol. The number of fused-ring (bicyclic) bond motifs is 7. The molecule has 96 valence electrons. The van der Waals surface area contributed by atoms with E-state index in [0.717, 1.165) is 22.4 Å². The van der Waals surface area contributed by atoms with E-state index in [1.807, 2.05) is 33.2 Å². The van der Waals surface area contributed by atoms with Gasteiger partial charge in [0.1, 0.15) is 12.1 Å². The Balaban J connectivity index is 2.01. The molecule has 5 heteroatoms. The fourth-order valence-corrected chi connectivity index (χ4v) is 3.10. The second kappa shape index (κ2) is 3.25. The Morgan fingerprint density at radius 2 is 2.35 bits per heavy atom. The van der Waals surface area contributed by atoms with Crippen molar-refractivity contribution in [2.24, 2.45) is 6.98 Å². The average Bonchev–Trinajstić information content (AvgIpc) is 3.12. The molecule has 0 unspecified atom stereocenters. The molecule has 1 aliphatic rings. The Morgan fingerprint density at radius 1 is 1.35 bits per heavy atom. The summed E-state index contributed by atoms with van der Waals surface area (Å²) in [6, 6.07) is 7.53. The molecule has 4 aromatic heterocycles. The van der Waals surface area contributed by atoms with Crippen molar-refractivity contribution in [2.45, 2.75) is 6.54 Å². The van der Waals surface area contributed by atoms with Crippen LogP contribution in [0.25, 0.3) is 28.1 Å². The van der Waals surface area contributed by atoms with Gasteiger partial charge < -0.3 is 0 Å². The molecule has 0 fully saturated rings. The third-order valence-electron chi connectivity index (χ3n) is 3.94. The molecule has 20 heavy (non-hydrogen) atoms. The van der Waals surface area contributed by atoms with E-state index in [0.29, 0.717) is 17.9 Å². The van der Waals surface area contributed by atoms with Crippen LogP contribution in [0.4, 0.5) is 0 Å². The highest BCUT2D eigenvalue weighted by Crippen LogP contribution is 2.30. The second-order valence-corrected chi connectivity index (χ2v) is 4.97. The zero-order chi connectivity index (χ0) is 15.8. The van der Waals surface area contributed by atoms with Crippen molar-refractivity contribution in [1.29, 1.82) is 0 Å². The molecular weight excluding hydrogens is 250 g/mol. The quantitative estimate of drug-likeness (QED) is 0.398. The van der Waals surface area contributed by atoms with Crippen molar-refractivity contribution in [2.75, 3.05) is 0 Å². The van der Waals surface area contributed by atoms with Crippen LogP contribution in [0.2, 0.25) is 0 Å². The van der Waals surface area contributed by atoms with Gasteiger partial charge in [0, 0.05) is 18.5 Å². The van der Waals surface area contributed by atoms with E-state index in [4.69, 9.17) is 4.11 Å². The lowest BCUT2D eigenvalue weighted by Crippen LogP contribution is -2.32. The van der Waals surface area contributed by atoms with Crippen LogP contribution in [0.3, 0.4) is 0 Å². The number of hydrogen-bond donors (Lipinski definition) is 0. The summed E-state index contributed by atoms with van der Waals surface area (Å²) in [5, 5.41) is 0. The van der Waals surface area contributed by atoms with E-state index < -0.39 is 6.98 Å². The first-order valence-electron chi connectivity index (χ1n) is 7.90. The van der Waals surface area contributed by atoms with Crippen molar-refractivity contribution < 1.29 is 8.68 Å². The highest BCUT2D eigenvalue weighted by molar-refractivity contribution is 5.82. The smallest absolute Gasteiger partial charge is 0.257 e. The number of pyridine rings is 1. The fraction of sp³-hybridized carbons (Fsp3) is 0.133. The first-order valence-corrected chi connectivity index (χ1v) is 6.40. The predicted molar refractivity (Wildman–Crippen MR) is 74.2 cm³/mol. The molecule has 5 rings (SSSR count). The number of hydrogen-bond acceptors (Lipinski definition) is 2. The van der Waals surface area contributed by atoms with Gasteiger partial charge in [-0.15, -0.1) is 0 Å². The van der Waals surface area contributed by atoms with Gasteiger partial charge in [0.2, 0.25) is 5.82 Å². The van der Waals surface area contributed by atoms with Crippen molar-refractivity contribution in [3.05, 3.63) is 48.7 Å². The van der Waals surface area contributed by atoms with Crippen LogP contribution in [0.5, 0.6) is 0 Å². The van der Waals surface area contributed by atoms with E-state index in [2.05, 4.69) is 9.97 Å². The van der Waals surface area contributed by atoms with Gasteiger partial charge in [-0.1, -0.05) is 0 Å². The molecule has 0 aromatic carbocycles. The molecule has 0 aliphatic carbocycles.